The molecule has 0 radical (unpaired) electrons. The van der Waals surface area contributed by atoms with Crippen LogP contribution in [0.25, 0.3) is 5.65 Å². The lowest BCUT2D eigenvalue weighted by atomic mass is 10.2. The van der Waals surface area contributed by atoms with Gasteiger partial charge in [0, 0.05) is 13.1 Å². The van der Waals surface area contributed by atoms with Crippen molar-refractivity contribution in [2.24, 2.45) is 0 Å². The zero-order chi connectivity index (χ0) is 12.7. The molecule has 0 atom stereocenters. The van der Waals surface area contributed by atoms with Gasteiger partial charge >= 0.3 is 0 Å². The van der Waals surface area contributed by atoms with Crippen molar-refractivity contribution >= 4 is 39.0 Å². The third-order valence-electron chi connectivity index (χ3n) is 3.48. The quantitative estimate of drug-likeness (QED) is 0.849. The largest absolute Gasteiger partial charge is 0.353 e. The molecule has 0 saturated heterocycles. The summed E-state index contributed by atoms with van der Waals surface area (Å²) in [7, 11) is 2.05. The molecule has 0 unspecified atom stereocenters. The first kappa shape index (κ1) is 12.2. The Bertz CT molecular complexity index is 578. The highest BCUT2D eigenvalue weighted by atomic mass is 79.9. The maximum Gasteiger partial charge on any atom is 0.243 e. The first-order chi connectivity index (χ1) is 8.66. The van der Waals surface area contributed by atoms with Crippen LogP contribution < -0.4 is 4.90 Å². The average Bonchev–Trinajstić information content (AvgIpc) is 2.98. The molecule has 1 aliphatic carbocycles. The molecule has 0 aromatic carbocycles. The van der Waals surface area contributed by atoms with Crippen molar-refractivity contribution in [1.29, 1.82) is 0 Å². The molecule has 0 bridgehead atoms. The number of anilines is 1. The number of nitrogens with zero attached hydrogens (tertiary/aromatic N) is 5. The van der Waals surface area contributed by atoms with Gasteiger partial charge in [-0.3, -0.25) is 0 Å². The van der Waals surface area contributed by atoms with Crippen molar-refractivity contribution in [3.8, 4) is 0 Å². The molecule has 1 aliphatic rings. The van der Waals surface area contributed by atoms with Crippen LogP contribution in [0.3, 0.4) is 0 Å². The molecule has 2 aromatic rings. The summed E-state index contributed by atoms with van der Waals surface area (Å²) in [6.45, 7) is 0. The summed E-state index contributed by atoms with van der Waals surface area (Å²) in [5, 5.41) is 4.38. The average molecular weight is 331 g/mol. The minimum atomic E-state index is 0.237. The standard InChI is InChI=1S/C11H13BrClN5/c1-17(7-4-2-3-5-7)10-9-14-6-8(12)18(9)16-11(13)15-10/h6-7H,2-5H2,1H3. The van der Waals surface area contributed by atoms with Gasteiger partial charge in [0.25, 0.3) is 0 Å². The molecular formula is C11H13BrClN5. The van der Waals surface area contributed by atoms with Crippen LogP contribution in [-0.2, 0) is 0 Å². The van der Waals surface area contributed by atoms with E-state index in [-0.39, 0.29) is 5.28 Å². The van der Waals surface area contributed by atoms with Gasteiger partial charge in [-0.25, -0.2) is 9.50 Å². The van der Waals surface area contributed by atoms with E-state index in [0.717, 1.165) is 16.1 Å². The predicted molar refractivity (Wildman–Crippen MR) is 74.2 cm³/mol. The van der Waals surface area contributed by atoms with E-state index in [4.69, 9.17) is 11.6 Å². The van der Waals surface area contributed by atoms with E-state index in [1.807, 2.05) is 0 Å². The first-order valence-corrected chi connectivity index (χ1v) is 7.13. The normalized spacial score (nSPS) is 16.6. The molecule has 0 amide bonds. The van der Waals surface area contributed by atoms with E-state index in [1.165, 1.54) is 25.7 Å². The number of hydrogen-bond acceptors (Lipinski definition) is 4. The summed E-state index contributed by atoms with van der Waals surface area (Å²) >= 11 is 9.39. The Morgan fingerprint density at radius 1 is 1.44 bits per heavy atom. The van der Waals surface area contributed by atoms with E-state index in [9.17, 15) is 0 Å². The smallest absolute Gasteiger partial charge is 0.243 e. The van der Waals surface area contributed by atoms with Crippen molar-refractivity contribution in [3.63, 3.8) is 0 Å². The third kappa shape index (κ3) is 1.97. The SMILES string of the molecule is CN(c1nc(Cl)nn2c(Br)cnc12)C1CCCC1. The Morgan fingerprint density at radius 3 is 2.89 bits per heavy atom. The van der Waals surface area contributed by atoms with Gasteiger partial charge in [-0.15, -0.1) is 5.10 Å². The second-order valence-electron chi connectivity index (χ2n) is 4.57. The Balaban J connectivity index is 2.09. The zero-order valence-corrected chi connectivity index (χ0v) is 12.3. The Morgan fingerprint density at radius 2 is 2.17 bits per heavy atom. The van der Waals surface area contributed by atoms with Crippen molar-refractivity contribution < 1.29 is 0 Å². The number of aromatic nitrogens is 4. The number of imidazole rings is 1. The lowest BCUT2D eigenvalue weighted by Crippen LogP contribution is -2.30. The summed E-state index contributed by atoms with van der Waals surface area (Å²) < 4.78 is 2.46. The lowest BCUT2D eigenvalue weighted by molar-refractivity contribution is 0.644. The van der Waals surface area contributed by atoms with Crippen LogP contribution in [0.1, 0.15) is 25.7 Å². The summed E-state index contributed by atoms with van der Waals surface area (Å²) in [6, 6.07) is 0.523. The van der Waals surface area contributed by atoms with Gasteiger partial charge in [0.05, 0.1) is 6.20 Å². The summed E-state index contributed by atoms with van der Waals surface area (Å²) in [6.07, 6.45) is 6.68. The topological polar surface area (TPSA) is 46.3 Å². The second kappa shape index (κ2) is 4.66. The molecule has 0 spiro atoms. The first-order valence-electron chi connectivity index (χ1n) is 5.96. The summed E-state index contributed by atoms with van der Waals surface area (Å²) in [4.78, 5) is 10.9. The van der Waals surface area contributed by atoms with Crippen LogP contribution in [0.2, 0.25) is 5.28 Å². The van der Waals surface area contributed by atoms with Crippen molar-refractivity contribution in [3.05, 3.63) is 16.1 Å². The number of fused-ring (bicyclic) bond motifs is 1. The van der Waals surface area contributed by atoms with Crippen molar-refractivity contribution in [2.75, 3.05) is 11.9 Å². The van der Waals surface area contributed by atoms with Crippen LogP contribution in [-0.4, -0.2) is 32.7 Å². The van der Waals surface area contributed by atoms with Gasteiger partial charge in [0.2, 0.25) is 5.28 Å². The van der Waals surface area contributed by atoms with Gasteiger partial charge < -0.3 is 4.90 Å². The van der Waals surface area contributed by atoms with Gasteiger partial charge in [0.15, 0.2) is 11.5 Å². The van der Waals surface area contributed by atoms with E-state index >= 15 is 0 Å². The fourth-order valence-electron chi connectivity index (χ4n) is 2.52. The van der Waals surface area contributed by atoms with Gasteiger partial charge in [-0.1, -0.05) is 12.8 Å². The Labute approximate surface area is 118 Å². The van der Waals surface area contributed by atoms with Crippen molar-refractivity contribution in [2.45, 2.75) is 31.7 Å². The number of halogens is 2. The van der Waals surface area contributed by atoms with Gasteiger partial charge in [0.1, 0.15) is 4.60 Å². The van der Waals surface area contributed by atoms with E-state index in [0.29, 0.717) is 6.04 Å². The van der Waals surface area contributed by atoms with Gasteiger partial charge in [-0.05, 0) is 40.4 Å². The molecule has 7 heteroatoms. The Hall–Kier alpha value is -0.880. The maximum atomic E-state index is 5.99. The second-order valence-corrected chi connectivity index (χ2v) is 5.72. The monoisotopic (exact) mass is 329 g/mol. The van der Waals surface area contributed by atoms with Crippen LogP contribution in [0, 0.1) is 0 Å². The molecule has 0 aliphatic heterocycles. The van der Waals surface area contributed by atoms with E-state index in [2.05, 4.69) is 42.9 Å². The minimum Gasteiger partial charge on any atom is -0.353 e. The molecule has 1 saturated carbocycles. The maximum absolute atomic E-state index is 5.99. The van der Waals surface area contributed by atoms with Crippen LogP contribution in [0.5, 0.6) is 0 Å². The highest BCUT2D eigenvalue weighted by molar-refractivity contribution is 9.10. The molecule has 18 heavy (non-hydrogen) atoms. The van der Waals surface area contributed by atoms with E-state index in [1.54, 1.807) is 10.7 Å². The summed E-state index contributed by atoms with van der Waals surface area (Å²) in [5.41, 5.74) is 0.737. The molecular weight excluding hydrogens is 318 g/mol. The third-order valence-corrected chi connectivity index (χ3v) is 4.18. The minimum absolute atomic E-state index is 0.237. The zero-order valence-electron chi connectivity index (χ0n) is 9.98. The molecule has 96 valence electrons. The van der Waals surface area contributed by atoms with Crippen LogP contribution >= 0.6 is 27.5 Å². The van der Waals surface area contributed by atoms with Crippen molar-refractivity contribution in [1.82, 2.24) is 19.6 Å². The van der Waals surface area contributed by atoms with Crippen LogP contribution in [0.15, 0.2) is 10.8 Å². The fourth-order valence-corrected chi connectivity index (χ4v) is 3.02. The molecule has 0 N–H and O–H groups in total. The fraction of sp³-hybridized carbons (Fsp3) is 0.545. The molecule has 3 rings (SSSR count). The predicted octanol–water partition coefficient (Wildman–Crippen LogP) is 2.92. The summed E-state index contributed by atoms with van der Waals surface area (Å²) in [5.74, 6) is 0.799. The highest BCUT2D eigenvalue weighted by Gasteiger charge is 2.24. The van der Waals surface area contributed by atoms with Gasteiger partial charge in [-0.2, -0.15) is 4.98 Å². The van der Waals surface area contributed by atoms with Crippen LogP contribution in [0.4, 0.5) is 5.82 Å². The highest BCUT2D eigenvalue weighted by Crippen LogP contribution is 2.29. The molecule has 2 heterocycles. The molecule has 2 aromatic heterocycles. The lowest BCUT2D eigenvalue weighted by Gasteiger charge is -2.25. The number of rotatable bonds is 2. The van der Waals surface area contributed by atoms with E-state index < -0.39 is 0 Å². The Kier molecular flexibility index (Phi) is 3.15. The number of hydrogen-bond donors (Lipinski definition) is 0. The molecule has 5 nitrogen and oxygen atoms in total. The molecule has 1 fully saturated rings.